The van der Waals surface area contributed by atoms with E-state index in [1.807, 2.05) is 30.3 Å². The Morgan fingerprint density at radius 3 is 2.39 bits per heavy atom. The van der Waals surface area contributed by atoms with Crippen LogP contribution in [0, 0.1) is 13.8 Å². The second kappa shape index (κ2) is 6.79. The van der Waals surface area contributed by atoms with E-state index in [2.05, 4.69) is 68.6 Å². The lowest BCUT2D eigenvalue weighted by Crippen LogP contribution is -2.01. The first-order valence-electron chi connectivity index (χ1n) is 7.30. The highest BCUT2D eigenvalue weighted by molar-refractivity contribution is 9.10. The van der Waals surface area contributed by atoms with E-state index in [-0.39, 0.29) is 0 Å². The minimum absolute atomic E-state index is 0.547. The standard InChI is InChI=1S/C18H17BrN4/c1-12-9-13(2)11-14(10-12)21-17-7-8-20-18(23-17)22-16-6-4-3-5-15(16)19/h3-11H,1-2H3,(H2,20,21,22,23). The van der Waals surface area contributed by atoms with Gasteiger partial charge in [-0.2, -0.15) is 4.98 Å². The minimum Gasteiger partial charge on any atom is -0.340 e. The van der Waals surface area contributed by atoms with Gasteiger partial charge in [-0.15, -0.1) is 0 Å². The fourth-order valence-electron chi connectivity index (χ4n) is 2.37. The van der Waals surface area contributed by atoms with E-state index in [9.17, 15) is 0 Å². The number of hydrogen-bond donors (Lipinski definition) is 2. The molecule has 23 heavy (non-hydrogen) atoms. The zero-order chi connectivity index (χ0) is 16.2. The summed E-state index contributed by atoms with van der Waals surface area (Å²) in [6.45, 7) is 4.16. The molecule has 0 spiro atoms. The molecule has 3 rings (SSSR count). The third-order valence-electron chi connectivity index (χ3n) is 3.27. The van der Waals surface area contributed by atoms with Crippen molar-refractivity contribution in [3.63, 3.8) is 0 Å². The molecule has 4 nitrogen and oxygen atoms in total. The summed E-state index contributed by atoms with van der Waals surface area (Å²) >= 11 is 3.51. The number of aryl methyl sites for hydroxylation is 2. The number of nitrogens with zero attached hydrogens (tertiary/aromatic N) is 2. The quantitative estimate of drug-likeness (QED) is 0.652. The van der Waals surface area contributed by atoms with Crippen LogP contribution >= 0.6 is 15.9 Å². The van der Waals surface area contributed by atoms with Crippen LogP contribution in [0.3, 0.4) is 0 Å². The van der Waals surface area contributed by atoms with Crippen molar-refractivity contribution < 1.29 is 0 Å². The van der Waals surface area contributed by atoms with E-state index >= 15 is 0 Å². The average molecular weight is 369 g/mol. The number of benzene rings is 2. The zero-order valence-electron chi connectivity index (χ0n) is 13.0. The highest BCUT2D eigenvalue weighted by atomic mass is 79.9. The molecule has 0 saturated carbocycles. The molecule has 0 aliphatic heterocycles. The number of nitrogens with one attached hydrogen (secondary N) is 2. The molecule has 3 aromatic rings. The zero-order valence-corrected chi connectivity index (χ0v) is 14.6. The maximum atomic E-state index is 4.51. The molecule has 0 bridgehead atoms. The summed E-state index contributed by atoms with van der Waals surface area (Å²) in [5.41, 5.74) is 4.38. The molecule has 5 heteroatoms. The van der Waals surface area contributed by atoms with Crippen molar-refractivity contribution in [1.82, 2.24) is 9.97 Å². The number of halogens is 1. The number of rotatable bonds is 4. The van der Waals surface area contributed by atoms with Crippen LogP contribution in [0.2, 0.25) is 0 Å². The molecule has 1 aromatic heterocycles. The molecule has 0 fully saturated rings. The first kappa shape index (κ1) is 15.5. The molecule has 0 amide bonds. The predicted molar refractivity (Wildman–Crippen MR) is 98.7 cm³/mol. The Morgan fingerprint density at radius 2 is 1.65 bits per heavy atom. The van der Waals surface area contributed by atoms with Gasteiger partial charge in [0.2, 0.25) is 5.95 Å². The molecule has 2 aromatic carbocycles. The number of hydrogen-bond acceptors (Lipinski definition) is 4. The van der Waals surface area contributed by atoms with Gasteiger partial charge in [0.05, 0.1) is 5.69 Å². The smallest absolute Gasteiger partial charge is 0.229 e. The van der Waals surface area contributed by atoms with E-state index in [1.165, 1.54) is 11.1 Å². The van der Waals surface area contributed by atoms with Crippen LogP contribution in [0.5, 0.6) is 0 Å². The van der Waals surface area contributed by atoms with E-state index in [0.717, 1.165) is 21.7 Å². The molecule has 0 radical (unpaired) electrons. The van der Waals surface area contributed by atoms with Gasteiger partial charge in [-0.1, -0.05) is 18.2 Å². The van der Waals surface area contributed by atoms with Gasteiger partial charge in [0.1, 0.15) is 5.82 Å². The third kappa shape index (κ3) is 4.07. The van der Waals surface area contributed by atoms with Crippen molar-refractivity contribution in [3.8, 4) is 0 Å². The predicted octanol–water partition coefficient (Wildman–Crippen LogP) is 5.34. The Hall–Kier alpha value is -2.40. The summed E-state index contributed by atoms with van der Waals surface area (Å²) in [6, 6.07) is 16.1. The number of aromatic nitrogens is 2. The number of para-hydroxylation sites is 1. The lowest BCUT2D eigenvalue weighted by atomic mass is 10.1. The van der Waals surface area contributed by atoms with Gasteiger partial charge < -0.3 is 10.6 Å². The van der Waals surface area contributed by atoms with Gasteiger partial charge in [-0.25, -0.2) is 4.98 Å². The van der Waals surface area contributed by atoms with Crippen molar-refractivity contribution >= 4 is 39.1 Å². The molecule has 0 saturated heterocycles. The second-order valence-corrected chi connectivity index (χ2v) is 6.23. The van der Waals surface area contributed by atoms with Crippen molar-refractivity contribution in [2.45, 2.75) is 13.8 Å². The van der Waals surface area contributed by atoms with Crippen LogP contribution in [0.1, 0.15) is 11.1 Å². The van der Waals surface area contributed by atoms with Gasteiger partial charge in [0, 0.05) is 16.4 Å². The Labute approximate surface area is 144 Å². The Kier molecular flexibility index (Phi) is 4.57. The van der Waals surface area contributed by atoms with Gasteiger partial charge in [-0.3, -0.25) is 0 Å². The Morgan fingerprint density at radius 1 is 0.913 bits per heavy atom. The molecule has 1 heterocycles. The number of anilines is 4. The molecular formula is C18H17BrN4. The van der Waals surface area contributed by atoms with Crippen molar-refractivity contribution in [1.29, 1.82) is 0 Å². The molecule has 2 N–H and O–H groups in total. The van der Waals surface area contributed by atoms with Crippen molar-refractivity contribution in [2.75, 3.05) is 10.6 Å². The summed E-state index contributed by atoms with van der Waals surface area (Å²) in [5, 5.41) is 6.54. The first-order chi connectivity index (χ1) is 11.1. The summed E-state index contributed by atoms with van der Waals surface area (Å²) in [5.74, 6) is 1.30. The fourth-order valence-corrected chi connectivity index (χ4v) is 2.75. The molecular weight excluding hydrogens is 352 g/mol. The van der Waals surface area contributed by atoms with Crippen molar-refractivity contribution in [2.24, 2.45) is 0 Å². The van der Waals surface area contributed by atoms with Crippen LogP contribution in [0.4, 0.5) is 23.1 Å². The van der Waals surface area contributed by atoms with Crippen LogP contribution in [0.15, 0.2) is 59.2 Å². The Balaban J connectivity index is 1.81. The molecule has 116 valence electrons. The average Bonchev–Trinajstić information content (AvgIpc) is 2.49. The van der Waals surface area contributed by atoms with Gasteiger partial charge >= 0.3 is 0 Å². The fraction of sp³-hybridized carbons (Fsp3) is 0.111. The SMILES string of the molecule is Cc1cc(C)cc(Nc2ccnc(Nc3ccccc3Br)n2)c1. The van der Waals surface area contributed by atoms with E-state index < -0.39 is 0 Å². The lowest BCUT2D eigenvalue weighted by molar-refractivity contribution is 1.16. The maximum Gasteiger partial charge on any atom is 0.229 e. The van der Waals surface area contributed by atoms with E-state index in [4.69, 9.17) is 0 Å². The Bertz CT molecular complexity index is 813. The van der Waals surface area contributed by atoms with Crippen LogP contribution in [-0.4, -0.2) is 9.97 Å². The highest BCUT2D eigenvalue weighted by Gasteiger charge is 2.04. The van der Waals surface area contributed by atoms with E-state index in [1.54, 1.807) is 6.20 Å². The first-order valence-corrected chi connectivity index (χ1v) is 8.09. The lowest BCUT2D eigenvalue weighted by Gasteiger charge is -2.10. The normalized spacial score (nSPS) is 10.4. The van der Waals surface area contributed by atoms with Gasteiger partial charge in [0.25, 0.3) is 0 Å². The van der Waals surface area contributed by atoms with Gasteiger partial charge in [0.15, 0.2) is 0 Å². The molecule has 0 atom stereocenters. The molecule has 0 aliphatic carbocycles. The largest absolute Gasteiger partial charge is 0.340 e. The molecule has 0 unspecified atom stereocenters. The topological polar surface area (TPSA) is 49.8 Å². The van der Waals surface area contributed by atoms with Crippen LogP contribution in [-0.2, 0) is 0 Å². The third-order valence-corrected chi connectivity index (χ3v) is 3.96. The summed E-state index contributed by atoms with van der Waals surface area (Å²) < 4.78 is 0.969. The van der Waals surface area contributed by atoms with Gasteiger partial charge in [-0.05, 0) is 71.2 Å². The molecule has 0 aliphatic rings. The summed E-state index contributed by atoms with van der Waals surface area (Å²) in [7, 11) is 0. The van der Waals surface area contributed by atoms with Crippen molar-refractivity contribution in [3.05, 3.63) is 70.3 Å². The van der Waals surface area contributed by atoms with Crippen LogP contribution < -0.4 is 10.6 Å². The summed E-state index contributed by atoms with van der Waals surface area (Å²) in [4.78, 5) is 8.78. The second-order valence-electron chi connectivity index (χ2n) is 5.37. The minimum atomic E-state index is 0.547. The maximum absolute atomic E-state index is 4.51. The summed E-state index contributed by atoms with van der Waals surface area (Å²) in [6.07, 6.45) is 1.73. The van der Waals surface area contributed by atoms with E-state index in [0.29, 0.717) is 5.95 Å². The monoisotopic (exact) mass is 368 g/mol. The highest BCUT2D eigenvalue weighted by Crippen LogP contribution is 2.24. The van der Waals surface area contributed by atoms with Crippen LogP contribution in [0.25, 0.3) is 0 Å².